The van der Waals surface area contributed by atoms with E-state index in [-0.39, 0.29) is 18.0 Å². The highest BCUT2D eigenvalue weighted by molar-refractivity contribution is 5.85. The average Bonchev–Trinajstić information content (AvgIpc) is 3.11. The Kier molecular flexibility index (Phi) is 11.3. The first-order valence-electron chi connectivity index (χ1n) is 11.0. The summed E-state index contributed by atoms with van der Waals surface area (Å²) in [4.78, 5) is 16.6. The molecule has 0 radical (unpaired) electrons. The number of rotatable bonds is 12. The molecule has 0 aromatic carbocycles. The molecule has 3 N–H and O–H groups in total. The van der Waals surface area contributed by atoms with Gasteiger partial charge in [0.1, 0.15) is 18.7 Å². The number of unbranched alkanes of at least 4 members (excludes halogenated alkanes) is 1. The Bertz CT molecular complexity index is 619. The third-order valence-electron chi connectivity index (χ3n) is 4.65. The van der Waals surface area contributed by atoms with Crippen molar-refractivity contribution in [3.05, 3.63) is 12.2 Å². The van der Waals surface area contributed by atoms with E-state index in [1.807, 2.05) is 25.3 Å². The van der Waals surface area contributed by atoms with Crippen molar-refractivity contribution in [2.75, 3.05) is 19.6 Å². The lowest BCUT2D eigenvalue weighted by molar-refractivity contribution is -0.121. The van der Waals surface area contributed by atoms with Gasteiger partial charge in [-0.2, -0.15) is 0 Å². The summed E-state index contributed by atoms with van der Waals surface area (Å²) in [6.07, 6.45) is 7.38. The quantitative estimate of drug-likeness (QED) is 0.365. The molecule has 0 spiro atoms. The topological polar surface area (TPSA) is 96.2 Å². The highest BCUT2D eigenvalue weighted by atomic mass is 16.2. The third kappa shape index (κ3) is 10.9. The predicted octanol–water partition coefficient (Wildman–Crippen LogP) is 2.51. The minimum absolute atomic E-state index is 0.0799. The summed E-state index contributed by atoms with van der Waals surface area (Å²) in [7, 11) is 0. The zero-order chi connectivity index (χ0) is 21.7. The van der Waals surface area contributed by atoms with Crippen LogP contribution in [0.5, 0.6) is 0 Å². The molecule has 0 saturated carbocycles. The molecule has 8 heteroatoms. The van der Waals surface area contributed by atoms with E-state index in [4.69, 9.17) is 0 Å². The Morgan fingerprint density at radius 2 is 2.00 bits per heavy atom. The van der Waals surface area contributed by atoms with E-state index in [2.05, 4.69) is 51.9 Å². The molecule has 1 amide bonds. The number of aliphatic imine (C=N–C) groups is 1. The van der Waals surface area contributed by atoms with Gasteiger partial charge in [-0.05, 0) is 33.1 Å². The number of nitrogens with one attached hydrogen (secondary N) is 3. The molecule has 0 aliphatic heterocycles. The summed E-state index contributed by atoms with van der Waals surface area (Å²) < 4.78 is 2.03. The van der Waals surface area contributed by atoms with Crippen LogP contribution in [0.4, 0.5) is 0 Å². The number of amides is 1. The Labute approximate surface area is 176 Å². The Balaban J connectivity index is 2.65. The van der Waals surface area contributed by atoms with E-state index < -0.39 is 0 Å². The largest absolute Gasteiger partial charge is 0.356 e. The molecule has 29 heavy (non-hydrogen) atoms. The summed E-state index contributed by atoms with van der Waals surface area (Å²) in [6.45, 7) is 14.8. The van der Waals surface area contributed by atoms with Crippen molar-refractivity contribution in [1.82, 2.24) is 30.7 Å². The van der Waals surface area contributed by atoms with Crippen LogP contribution >= 0.6 is 0 Å². The van der Waals surface area contributed by atoms with Crippen LogP contribution in [0.3, 0.4) is 0 Å². The molecule has 1 aromatic heterocycles. The highest BCUT2D eigenvalue weighted by Gasteiger charge is 2.14. The van der Waals surface area contributed by atoms with E-state index in [0.29, 0.717) is 18.4 Å². The first-order chi connectivity index (χ1) is 13.8. The molecule has 166 valence electrons. The molecule has 0 fully saturated rings. The molecular weight excluding hydrogens is 366 g/mol. The van der Waals surface area contributed by atoms with Crippen LogP contribution in [0.1, 0.15) is 73.1 Å². The predicted molar refractivity (Wildman–Crippen MR) is 119 cm³/mol. The molecule has 1 heterocycles. The molecule has 1 aromatic rings. The maximum Gasteiger partial charge on any atom is 0.242 e. The van der Waals surface area contributed by atoms with Crippen LogP contribution in [0.2, 0.25) is 0 Å². The van der Waals surface area contributed by atoms with Gasteiger partial charge < -0.3 is 20.5 Å². The van der Waals surface area contributed by atoms with Crippen molar-refractivity contribution >= 4 is 11.9 Å². The summed E-state index contributed by atoms with van der Waals surface area (Å²) in [5, 5.41) is 17.8. The maximum atomic E-state index is 12.1. The first kappa shape index (κ1) is 24.9. The Hall–Kier alpha value is -2.12. The van der Waals surface area contributed by atoms with Gasteiger partial charge in [-0.25, -0.2) is 4.99 Å². The van der Waals surface area contributed by atoms with Gasteiger partial charge >= 0.3 is 0 Å². The van der Waals surface area contributed by atoms with Gasteiger partial charge in [0.25, 0.3) is 0 Å². The fourth-order valence-corrected chi connectivity index (χ4v) is 3.00. The number of aromatic nitrogens is 3. The van der Waals surface area contributed by atoms with Crippen molar-refractivity contribution in [2.45, 2.75) is 85.7 Å². The normalized spacial score (nSPS) is 13.2. The molecule has 8 nitrogen and oxygen atoms in total. The van der Waals surface area contributed by atoms with E-state index in [0.717, 1.165) is 31.8 Å². The van der Waals surface area contributed by atoms with Gasteiger partial charge in [0.05, 0.1) is 0 Å². The van der Waals surface area contributed by atoms with Gasteiger partial charge in [-0.15, -0.1) is 10.2 Å². The minimum Gasteiger partial charge on any atom is -0.356 e. The van der Waals surface area contributed by atoms with Crippen molar-refractivity contribution in [1.29, 1.82) is 0 Å². The van der Waals surface area contributed by atoms with Crippen LogP contribution in [-0.4, -0.2) is 51.8 Å². The molecule has 1 atom stereocenters. The number of hydrogen-bond donors (Lipinski definition) is 3. The standard InChI is InChI=1S/C21H41N7O/c1-7-10-11-17(8-2)14-23-20(24-15-19(29)26-21(4,5)6)22-12-13-28-16-25-27-18(28)9-3/h16-17H,7-15H2,1-6H3,(H,26,29)(H2,22,23,24). The van der Waals surface area contributed by atoms with Crippen molar-refractivity contribution in [3.63, 3.8) is 0 Å². The lowest BCUT2D eigenvalue weighted by atomic mass is 9.99. The van der Waals surface area contributed by atoms with Gasteiger partial charge in [0, 0.05) is 31.6 Å². The monoisotopic (exact) mass is 407 g/mol. The van der Waals surface area contributed by atoms with Crippen molar-refractivity contribution in [2.24, 2.45) is 10.9 Å². The number of guanidine groups is 1. The lowest BCUT2D eigenvalue weighted by Crippen LogP contribution is -2.44. The number of nitrogens with zero attached hydrogens (tertiary/aromatic N) is 4. The second kappa shape index (κ2) is 13.2. The van der Waals surface area contributed by atoms with E-state index in [1.54, 1.807) is 6.33 Å². The first-order valence-corrected chi connectivity index (χ1v) is 11.0. The van der Waals surface area contributed by atoms with Crippen LogP contribution in [-0.2, 0) is 17.8 Å². The molecule has 1 unspecified atom stereocenters. The number of carbonyl (C=O) groups is 1. The lowest BCUT2D eigenvalue weighted by Gasteiger charge is -2.21. The molecule has 0 bridgehead atoms. The van der Waals surface area contributed by atoms with Crippen molar-refractivity contribution < 1.29 is 4.79 Å². The zero-order valence-electron chi connectivity index (χ0n) is 19.2. The van der Waals surface area contributed by atoms with Crippen molar-refractivity contribution in [3.8, 4) is 0 Å². The van der Waals surface area contributed by atoms with Crippen LogP contribution in [0.25, 0.3) is 0 Å². The van der Waals surface area contributed by atoms with E-state index in [9.17, 15) is 4.79 Å². The smallest absolute Gasteiger partial charge is 0.242 e. The molecule has 0 aliphatic carbocycles. The minimum atomic E-state index is -0.258. The molecule has 0 saturated heterocycles. The molecular formula is C21H41N7O. The Morgan fingerprint density at radius 3 is 2.62 bits per heavy atom. The van der Waals surface area contributed by atoms with Gasteiger partial charge in [-0.1, -0.05) is 40.0 Å². The summed E-state index contributed by atoms with van der Waals surface area (Å²) in [6, 6.07) is 0. The second-order valence-corrected chi connectivity index (χ2v) is 8.48. The SMILES string of the molecule is CCCCC(CC)CNC(=NCC(=O)NC(C)(C)C)NCCn1cnnc1CC. The Morgan fingerprint density at radius 1 is 1.24 bits per heavy atom. The summed E-state index contributed by atoms with van der Waals surface area (Å²) in [5.74, 6) is 2.17. The summed E-state index contributed by atoms with van der Waals surface area (Å²) >= 11 is 0. The molecule has 1 rings (SSSR count). The summed E-state index contributed by atoms with van der Waals surface area (Å²) in [5.41, 5.74) is -0.258. The fourth-order valence-electron chi connectivity index (χ4n) is 3.00. The van der Waals surface area contributed by atoms with Crippen LogP contribution in [0, 0.1) is 5.92 Å². The highest BCUT2D eigenvalue weighted by Crippen LogP contribution is 2.11. The third-order valence-corrected chi connectivity index (χ3v) is 4.65. The number of aryl methyl sites for hydroxylation is 1. The van der Waals surface area contributed by atoms with E-state index in [1.165, 1.54) is 19.3 Å². The van der Waals surface area contributed by atoms with Crippen LogP contribution in [0.15, 0.2) is 11.3 Å². The number of carbonyl (C=O) groups excluding carboxylic acids is 1. The van der Waals surface area contributed by atoms with Gasteiger partial charge in [-0.3, -0.25) is 4.79 Å². The second-order valence-electron chi connectivity index (χ2n) is 8.48. The molecule has 0 aliphatic rings. The van der Waals surface area contributed by atoms with Crippen LogP contribution < -0.4 is 16.0 Å². The van der Waals surface area contributed by atoms with Gasteiger partial charge in [0.2, 0.25) is 5.91 Å². The average molecular weight is 408 g/mol. The maximum absolute atomic E-state index is 12.1. The van der Waals surface area contributed by atoms with E-state index >= 15 is 0 Å². The number of hydrogen-bond acceptors (Lipinski definition) is 4. The van der Waals surface area contributed by atoms with Gasteiger partial charge in [0.15, 0.2) is 5.96 Å². The fraction of sp³-hybridized carbons (Fsp3) is 0.810. The zero-order valence-corrected chi connectivity index (χ0v) is 19.2.